The van der Waals surface area contributed by atoms with Gasteiger partial charge in [0.2, 0.25) is 0 Å². The molecule has 1 aromatic rings. The number of halogens is 1. The topological polar surface area (TPSA) is 0 Å². The molecule has 0 N–H and O–H groups in total. The predicted octanol–water partition coefficient (Wildman–Crippen LogP) is 4.77. The molecule has 1 aliphatic rings. The minimum Gasteiger partial charge on any atom is -0.0910 e. The molecule has 1 heteroatoms. The highest BCUT2D eigenvalue weighted by Crippen LogP contribution is 2.41. The molecule has 2 rings (SSSR count). The third-order valence-electron chi connectivity index (χ3n) is 3.02. The Morgan fingerprint density at radius 1 is 1.27 bits per heavy atom. The molecule has 78 valence electrons. The minimum atomic E-state index is 0.545. The first kappa shape index (κ1) is 10.9. The first-order valence-corrected chi connectivity index (χ1v) is 6.40. The molecule has 15 heavy (non-hydrogen) atoms. The van der Waals surface area contributed by atoms with Gasteiger partial charge in [0.15, 0.2) is 0 Å². The summed E-state index contributed by atoms with van der Waals surface area (Å²) in [5.74, 6) is 1.15. The summed E-state index contributed by atoms with van der Waals surface area (Å²) in [6.07, 6.45) is 6.78. The second-order valence-electron chi connectivity index (χ2n) is 4.00. The van der Waals surface area contributed by atoms with Crippen LogP contribution in [0.2, 0.25) is 0 Å². The Bertz CT molecular complexity index is 415. The van der Waals surface area contributed by atoms with Crippen LogP contribution in [0.25, 0.3) is 6.08 Å². The summed E-state index contributed by atoms with van der Waals surface area (Å²) in [7, 11) is 0. The number of allylic oxidation sites excluding steroid dienone is 3. The van der Waals surface area contributed by atoms with Gasteiger partial charge in [-0.3, -0.25) is 0 Å². The van der Waals surface area contributed by atoms with Crippen LogP contribution >= 0.6 is 22.6 Å². The highest BCUT2D eigenvalue weighted by molar-refractivity contribution is 14.1. The van der Waals surface area contributed by atoms with Crippen LogP contribution < -0.4 is 0 Å². The standard InChI is InChI=1S/C14H15I/c1-3-6-12-10(2)14(15)9-11-7-4-5-8-13(11)12/h3-10,12H,1-2H3/b6-3-. The van der Waals surface area contributed by atoms with Crippen LogP contribution in [0.15, 0.2) is 40.0 Å². The van der Waals surface area contributed by atoms with Crippen molar-refractivity contribution in [1.29, 1.82) is 0 Å². The SMILES string of the molecule is C/C=C\C1c2ccccc2C=C(I)C1C. The molecule has 2 unspecified atom stereocenters. The Balaban J connectivity index is 2.54. The van der Waals surface area contributed by atoms with Crippen molar-refractivity contribution in [1.82, 2.24) is 0 Å². The largest absolute Gasteiger partial charge is 0.0910 e. The number of benzene rings is 1. The molecule has 0 aliphatic heterocycles. The molecule has 1 aliphatic carbocycles. The van der Waals surface area contributed by atoms with E-state index in [-0.39, 0.29) is 0 Å². The van der Waals surface area contributed by atoms with Gasteiger partial charge in [-0.15, -0.1) is 0 Å². The average Bonchev–Trinajstić information content (AvgIpc) is 2.25. The van der Waals surface area contributed by atoms with E-state index >= 15 is 0 Å². The maximum absolute atomic E-state index is 2.46. The quantitative estimate of drug-likeness (QED) is 0.518. The molecule has 0 saturated heterocycles. The highest BCUT2D eigenvalue weighted by atomic mass is 127. The van der Waals surface area contributed by atoms with E-state index in [0.29, 0.717) is 11.8 Å². The van der Waals surface area contributed by atoms with Gasteiger partial charge in [0.25, 0.3) is 0 Å². The summed E-state index contributed by atoms with van der Waals surface area (Å²) in [5.41, 5.74) is 2.84. The normalized spacial score (nSPS) is 25.1. The van der Waals surface area contributed by atoms with E-state index in [1.54, 1.807) is 0 Å². The molecule has 0 aromatic heterocycles. The van der Waals surface area contributed by atoms with Gasteiger partial charge in [0.1, 0.15) is 0 Å². The predicted molar refractivity (Wildman–Crippen MR) is 75.2 cm³/mol. The zero-order valence-electron chi connectivity index (χ0n) is 9.07. The van der Waals surface area contributed by atoms with Crippen LogP contribution in [-0.4, -0.2) is 0 Å². The van der Waals surface area contributed by atoms with E-state index in [1.807, 2.05) is 0 Å². The first-order chi connectivity index (χ1) is 7.24. The van der Waals surface area contributed by atoms with Crippen molar-refractivity contribution >= 4 is 28.7 Å². The van der Waals surface area contributed by atoms with Crippen molar-refractivity contribution in [3.63, 3.8) is 0 Å². The van der Waals surface area contributed by atoms with Crippen LogP contribution in [0.3, 0.4) is 0 Å². The van der Waals surface area contributed by atoms with Crippen molar-refractivity contribution in [2.24, 2.45) is 5.92 Å². The molecule has 0 spiro atoms. The van der Waals surface area contributed by atoms with Crippen LogP contribution in [-0.2, 0) is 0 Å². The Hall–Kier alpha value is -0.570. The van der Waals surface area contributed by atoms with Gasteiger partial charge in [-0.25, -0.2) is 0 Å². The zero-order chi connectivity index (χ0) is 10.8. The molecule has 0 saturated carbocycles. The summed E-state index contributed by atoms with van der Waals surface area (Å²) in [5, 5.41) is 0. The fourth-order valence-electron chi connectivity index (χ4n) is 2.14. The van der Waals surface area contributed by atoms with E-state index in [2.05, 4.69) is 78.9 Å². The molecule has 2 atom stereocenters. The first-order valence-electron chi connectivity index (χ1n) is 5.33. The smallest absolute Gasteiger partial charge is 0.00943 e. The van der Waals surface area contributed by atoms with Gasteiger partial charge < -0.3 is 0 Å². The van der Waals surface area contributed by atoms with Crippen molar-refractivity contribution in [3.05, 3.63) is 51.1 Å². The lowest BCUT2D eigenvalue weighted by molar-refractivity contribution is 0.631. The lowest BCUT2D eigenvalue weighted by atomic mass is 9.80. The Kier molecular flexibility index (Phi) is 3.29. The Morgan fingerprint density at radius 3 is 2.73 bits per heavy atom. The third kappa shape index (κ3) is 2.03. The van der Waals surface area contributed by atoms with Crippen LogP contribution in [0.5, 0.6) is 0 Å². The minimum absolute atomic E-state index is 0.545. The van der Waals surface area contributed by atoms with E-state index in [1.165, 1.54) is 14.7 Å². The van der Waals surface area contributed by atoms with Crippen molar-refractivity contribution in [2.45, 2.75) is 19.8 Å². The van der Waals surface area contributed by atoms with E-state index in [0.717, 1.165) is 0 Å². The lowest BCUT2D eigenvalue weighted by Crippen LogP contribution is -2.13. The van der Waals surface area contributed by atoms with Gasteiger partial charge >= 0.3 is 0 Å². The molecular weight excluding hydrogens is 295 g/mol. The summed E-state index contributed by atoms with van der Waals surface area (Å²) < 4.78 is 1.45. The summed E-state index contributed by atoms with van der Waals surface area (Å²) in [6.45, 7) is 4.40. The van der Waals surface area contributed by atoms with Gasteiger partial charge in [0.05, 0.1) is 0 Å². The second-order valence-corrected chi connectivity index (χ2v) is 5.24. The summed E-state index contributed by atoms with van der Waals surface area (Å²) in [4.78, 5) is 0. The lowest BCUT2D eigenvalue weighted by Gasteiger charge is -2.27. The maximum Gasteiger partial charge on any atom is 0.00943 e. The number of rotatable bonds is 1. The highest BCUT2D eigenvalue weighted by Gasteiger charge is 2.24. The van der Waals surface area contributed by atoms with Gasteiger partial charge in [0, 0.05) is 5.92 Å². The van der Waals surface area contributed by atoms with Crippen molar-refractivity contribution in [3.8, 4) is 0 Å². The van der Waals surface area contributed by atoms with Gasteiger partial charge in [-0.05, 0) is 56.2 Å². The van der Waals surface area contributed by atoms with Crippen LogP contribution in [0.1, 0.15) is 30.9 Å². The molecule has 0 heterocycles. The zero-order valence-corrected chi connectivity index (χ0v) is 11.2. The molecule has 1 aromatic carbocycles. The molecular formula is C14H15I. The Labute approximate surface area is 105 Å². The molecule has 0 amide bonds. The molecule has 0 nitrogen and oxygen atoms in total. The fraction of sp³-hybridized carbons (Fsp3) is 0.286. The monoisotopic (exact) mass is 310 g/mol. The third-order valence-corrected chi connectivity index (χ3v) is 4.32. The van der Waals surface area contributed by atoms with E-state index in [4.69, 9.17) is 0 Å². The summed E-state index contributed by atoms with van der Waals surface area (Å²) in [6, 6.07) is 8.70. The maximum atomic E-state index is 2.46. The number of hydrogen-bond donors (Lipinski definition) is 0. The molecule has 0 fully saturated rings. The fourth-order valence-corrected chi connectivity index (χ4v) is 2.87. The molecule has 0 radical (unpaired) electrons. The van der Waals surface area contributed by atoms with Crippen LogP contribution in [0.4, 0.5) is 0 Å². The van der Waals surface area contributed by atoms with E-state index in [9.17, 15) is 0 Å². The second kappa shape index (κ2) is 4.52. The van der Waals surface area contributed by atoms with Crippen LogP contribution in [0, 0.1) is 5.92 Å². The molecule has 0 bridgehead atoms. The van der Waals surface area contributed by atoms with Crippen molar-refractivity contribution in [2.75, 3.05) is 0 Å². The number of fused-ring (bicyclic) bond motifs is 1. The Morgan fingerprint density at radius 2 is 2.00 bits per heavy atom. The summed E-state index contributed by atoms with van der Waals surface area (Å²) >= 11 is 2.46. The van der Waals surface area contributed by atoms with Crippen molar-refractivity contribution < 1.29 is 0 Å². The van der Waals surface area contributed by atoms with Gasteiger partial charge in [-0.1, -0.05) is 43.3 Å². The van der Waals surface area contributed by atoms with Gasteiger partial charge in [-0.2, -0.15) is 0 Å². The van der Waals surface area contributed by atoms with E-state index < -0.39 is 0 Å². The average molecular weight is 310 g/mol. The number of hydrogen-bond acceptors (Lipinski definition) is 0.